The summed E-state index contributed by atoms with van der Waals surface area (Å²) in [7, 11) is 0. The molecule has 32 heavy (non-hydrogen) atoms. The van der Waals surface area contributed by atoms with E-state index in [1.54, 1.807) is 11.8 Å². The second-order valence-electron chi connectivity index (χ2n) is 8.46. The van der Waals surface area contributed by atoms with Crippen LogP contribution in [-0.4, -0.2) is 47.3 Å². The minimum absolute atomic E-state index is 0.0195. The molecule has 2 aromatic carbocycles. The van der Waals surface area contributed by atoms with Gasteiger partial charge < -0.3 is 15.1 Å². The molecule has 2 saturated heterocycles. The number of rotatable bonds is 6. The molecule has 2 aliphatic rings. The van der Waals surface area contributed by atoms with Crippen LogP contribution in [0.4, 0.5) is 11.4 Å². The monoisotopic (exact) mass is 436 g/mol. The molecule has 8 heteroatoms. The molecule has 1 N–H and O–H groups in total. The third-order valence-corrected chi connectivity index (χ3v) is 6.35. The number of likely N-dealkylation sites (tertiary alicyclic amines) is 1. The number of hydrogen-bond donors (Lipinski definition) is 1. The number of benzene rings is 2. The molecule has 2 amide bonds. The first kappa shape index (κ1) is 21.8. The zero-order valence-corrected chi connectivity index (χ0v) is 18.3. The number of carbonyl (C=O) groups excluding carboxylic acids is 2. The van der Waals surface area contributed by atoms with Gasteiger partial charge in [0.15, 0.2) is 0 Å². The zero-order valence-electron chi connectivity index (χ0n) is 18.3. The number of aryl methyl sites for hydroxylation is 1. The van der Waals surface area contributed by atoms with Crippen molar-refractivity contribution in [2.45, 2.75) is 45.2 Å². The lowest BCUT2D eigenvalue weighted by Gasteiger charge is -2.25. The summed E-state index contributed by atoms with van der Waals surface area (Å²) >= 11 is 0. The van der Waals surface area contributed by atoms with Crippen LogP contribution in [0.1, 0.15) is 47.2 Å². The lowest BCUT2D eigenvalue weighted by atomic mass is 10.1. The van der Waals surface area contributed by atoms with Crippen LogP contribution in [0.5, 0.6) is 0 Å². The predicted octanol–water partition coefficient (Wildman–Crippen LogP) is 3.42. The maximum absolute atomic E-state index is 13.1. The normalized spacial score (nSPS) is 18.1. The second-order valence-corrected chi connectivity index (χ2v) is 8.46. The van der Waals surface area contributed by atoms with E-state index < -0.39 is 11.0 Å². The molecule has 0 spiro atoms. The van der Waals surface area contributed by atoms with E-state index in [-0.39, 0.29) is 17.5 Å². The Labute approximate surface area is 187 Å². The van der Waals surface area contributed by atoms with Gasteiger partial charge in [-0.05, 0) is 56.4 Å². The Bertz CT molecular complexity index is 1030. The fourth-order valence-corrected chi connectivity index (χ4v) is 4.67. The molecule has 2 fully saturated rings. The molecule has 2 aliphatic heterocycles. The van der Waals surface area contributed by atoms with Crippen LogP contribution in [-0.2, 0) is 11.3 Å². The molecule has 0 bridgehead atoms. The van der Waals surface area contributed by atoms with Gasteiger partial charge in [0.1, 0.15) is 6.04 Å². The quantitative estimate of drug-likeness (QED) is 0.553. The Balaban J connectivity index is 1.44. The smallest absolute Gasteiger partial charge is 0.272 e. The highest BCUT2D eigenvalue weighted by Gasteiger charge is 2.35. The third-order valence-electron chi connectivity index (χ3n) is 6.35. The SMILES string of the molecule is Cc1cc(C(=O)N2CCCC2C(=O)NCc2ccccc2N2CCCC2)ccc1[N+](=O)[O-]. The van der Waals surface area contributed by atoms with Crippen molar-refractivity contribution >= 4 is 23.2 Å². The molecule has 0 aromatic heterocycles. The topological polar surface area (TPSA) is 95.8 Å². The Morgan fingerprint density at radius 1 is 1.09 bits per heavy atom. The van der Waals surface area contributed by atoms with Crippen LogP contribution in [0.2, 0.25) is 0 Å². The van der Waals surface area contributed by atoms with Gasteiger partial charge in [0.2, 0.25) is 5.91 Å². The van der Waals surface area contributed by atoms with Gasteiger partial charge in [0.05, 0.1) is 4.92 Å². The summed E-state index contributed by atoms with van der Waals surface area (Å²) < 4.78 is 0. The molecule has 2 heterocycles. The number of nitro groups is 1. The van der Waals surface area contributed by atoms with Crippen molar-refractivity contribution in [3.8, 4) is 0 Å². The van der Waals surface area contributed by atoms with Crippen LogP contribution in [0.25, 0.3) is 0 Å². The summed E-state index contributed by atoms with van der Waals surface area (Å²) in [5.41, 5.74) is 3.01. The number of hydrogen-bond acceptors (Lipinski definition) is 5. The number of carbonyl (C=O) groups is 2. The molecular weight excluding hydrogens is 408 g/mol. The summed E-state index contributed by atoms with van der Waals surface area (Å²) in [5, 5.41) is 14.1. The average Bonchev–Trinajstić information content (AvgIpc) is 3.49. The van der Waals surface area contributed by atoms with Gasteiger partial charge in [-0.15, -0.1) is 0 Å². The number of anilines is 1. The molecule has 2 aromatic rings. The molecule has 1 unspecified atom stereocenters. The number of nitrogens with zero attached hydrogens (tertiary/aromatic N) is 3. The van der Waals surface area contributed by atoms with E-state index in [2.05, 4.69) is 16.3 Å². The van der Waals surface area contributed by atoms with Crippen LogP contribution in [0.15, 0.2) is 42.5 Å². The summed E-state index contributed by atoms with van der Waals surface area (Å²) in [6.07, 6.45) is 3.72. The van der Waals surface area contributed by atoms with Crippen LogP contribution in [0.3, 0.4) is 0 Å². The lowest BCUT2D eigenvalue weighted by Crippen LogP contribution is -2.45. The standard InChI is InChI=1S/C24H28N4O4/c1-17-15-18(10-11-20(17)28(31)32)24(30)27-14-6-9-22(27)23(29)25-16-19-7-2-3-8-21(19)26-12-4-5-13-26/h2-3,7-8,10-11,15,22H,4-6,9,12-14,16H2,1H3,(H,25,29). The average molecular weight is 437 g/mol. The van der Waals surface area contributed by atoms with Crippen molar-refractivity contribution in [2.24, 2.45) is 0 Å². The molecule has 0 radical (unpaired) electrons. The van der Waals surface area contributed by atoms with Gasteiger partial charge >= 0.3 is 0 Å². The highest BCUT2D eigenvalue weighted by Crippen LogP contribution is 2.26. The highest BCUT2D eigenvalue weighted by molar-refractivity contribution is 5.98. The molecule has 4 rings (SSSR count). The largest absolute Gasteiger partial charge is 0.371 e. The van der Waals surface area contributed by atoms with Gasteiger partial charge in [-0.3, -0.25) is 19.7 Å². The molecule has 1 atom stereocenters. The maximum atomic E-state index is 13.1. The van der Waals surface area contributed by atoms with Crippen LogP contribution in [0, 0.1) is 17.0 Å². The van der Waals surface area contributed by atoms with Gasteiger partial charge in [-0.25, -0.2) is 0 Å². The number of nitro benzene ring substituents is 1. The molecular formula is C24H28N4O4. The van der Waals surface area contributed by atoms with Crippen molar-refractivity contribution in [3.63, 3.8) is 0 Å². The number of para-hydroxylation sites is 1. The third kappa shape index (κ3) is 4.44. The van der Waals surface area contributed by atoms with E-state index in [0.29, 0.717) is 30.6 Å². The molecule has 8 nitrogen and oxygen atoms in total. The van der Waals surface area contributed by atoms with Crippen molar-refractivity contribution in [1.29, 1.82) is 0 Å². The predicted molar refractivity (Wildman–Crippen MR) is 122 cm³/mol. The number of amides is 2. The van der Waals surface area contributed by atoms with Gasteiger partial charge in [-0.1, -0.05) is 18.2 Å². The van der Waals surface area contributed by atoms with Crippen molar-refractivity contribution in [3.05, 3.63) is 69.3 Å². The van der Waals surface area contributed by atoms with Gasteiger partial charge in [0, 0.05) is 49.1 Å². The van der Waals surface area contributed by atoms with E-state index in [4.69, 9.17) is 0 Å². The Morgan fingerprint density at radius 2 is 1.84 bits per heavy atom. The van der Waals surface area contributed by atoms with E-state index >= 15 is 0 Å². The summed E-state index contributed by atoms with van der Waals surface area (Å²) in [4.78, 5) is 40.6. The summed E-state index contributed by atoms with van der Waals surface area (Å²) in [6, 6.07) is 11.9. The second kappa shape index (κ2) is 9.38. The van der Waals surface area contributed by atoms with E-state index in [9.17, 15) is 19.7 Å². The van der Waals surface area contributed by atoms with Crippen LogP contribution >= 0.6 is 0 Å². The van der Waals surface area contributed by atoms with Crippen molar-refractivity contribution < 1.29 is 14.5 Å². The van der Waals surface area contributed by atoms with Gasteiger partial charge in [-0.2, -0.15) is 0 Å². The van der Waals surface area contributed by atoms with Crippen LogP contribution < -0.4 is 10.2 Å². The zero-order chi connectivity index (χ0) is 22.7. The fourth-order valence-electron chi connectivity index (χ4n) is 4.67. The fraction of sp³-hybridized carbons (Fsp3) is 0.417. The Hall–Kier alpha value is -3.42. The van der Waals surface area contributed by atoms with Gasteiger partial charge in [0.25, 0.3) is 11.6 Å². The van der Waals surface area contributed by atoms with E-state index in [1.165, 1.54) is 31.0 Å². The molecule has 168 valence electrons. The lowest BCUT2D eigenvalue weighted by molar-refractivity contribution is -0.385. The summed E-state index contributed by atoms with van der Waals surface area (Å²) in [6.45, 7) is 4.59. The molecule has 0 aliphatic carbocycles. The Morgan fingerprint density at radius 3 is 2.56 bits per heavy atom. The van der Waals surface area contributed by atoms with Crippen molar-refractivity contribution in [1.82, 2.24) is 10.2 Å². The first-order chi connectivity index (χ1) is 15.5. The maximum Gasteiger partial charge on any atom is 0.272 e. The number of nitrogens with one attached hydrogen (secondary N) is 1. The van der Waals surface area contributed by atoms with E-state index in [1.807, 2.05) is 18.2 Å². The summed E-state index contributed by atoms with van der Waals surface area (Å²) in [5.74, 6) is -0.427. The Kier molecular flexibility index (Phi) is 6.39. The molecule has 0 saturated carbocycles. The van der Waals surface area contributed by atoms with E-state index in [0.717, 1.165) is 30.8 Å². The minimum Gasteiger partial charge on any atom is -0.371 e. The minimum atomic E-state index is -0.531. The first-order valence-electron chi connectivity index (χ1n) is 11.1. The highest BCUT2D eigenvalue weighted by atomic mass is 16.6. The first-order valence-corrected chi connectivity index (χ1v) is 11.1. The van der Waals surface area contributed by atoms with Crippen molar-refractivity contribution in [2.75, 3.05) is 24.5 Å².